The fraction of sp³-hybridized carbons (Fsp3) is 0.154. The summed E-state index contributed by atoms with van der Waals surface area (Å²) >= 11 is 1.54. The molecule has 0 spiro atoms. The maximum Gasteiger partial charge on any atom is 0.306 e. The van der Waals surface area contributed by atoms with Gasteiger partial charge in [0, 0.05) is 28.0 Å². The highest BCUT2D eigenvalue weighted by Gasteiger charge is 2.31. The quantitative estimate of drug-likeness (QED) is 0.201. The molecule has 0 radical (unpaired) electrons. The fourth-order valence-corrected chi connectivity index (χ4v) is 4.32. The van der Waals surface area contributed by atoms with E-state index < -0.39 is 34.6 Å². The lowest BCUT2D eigenvalue weighted by Gasteiger charge is -2.21. The third-order valence-corrected chi connectivity index (χ3v) is 6.40. The average molecular weight is 479 g/mol. The minimum atomic E-state index is -0.863. The summed E-state index contributed by atoms with van der Waals surface area (Å²) in [6.45, 7) is 0. The molecule has 1 aromatic heterocycles. The summed E-state index contributed by atoms with van der Waals surface area (Å²) in [6.07, 6.45) is 1.72. The first-order chi connectivity index (χ1) is 16.3. The Balaban J connectivity index is 2.06. The molecule has 3 aromatic carbocycles. The van der Waals surface area contributed by atoms with Crippen molar-refractivity contribution in [3.8, 4) is 28.6 Å². The molecule has 3 N–H and O–H groups in total. The average Bonchev–Trinajstić information content (AvgIpc) is 2.86. The molecule has 0 bridgehead atoms. The van der Waals surface area contributed by atoms with E-state index in [4.69, 9.17) is 9.15 Å². The van der Waals surface area contributed by atoms with Crippen LogP contribution in [-0.4, -0.2) is 34.7 Å². The molecule has 0 amide bonds. The van der Waals surface area contributed by atoms with Crippen molar-refractivity contribution in [1.82, 2.24) is 0 Å². The Kier molecular flexibility index (Phi) is 6.51. The highest BCUT2D eigenvalue weighted by Crippen LogP contribution is 2.49. The van der Waals surface area contributed by atoms with Gasteiger partial charge in [-0.25, -0.2) is 0 Å². The van der Waals surface area contributed by atoms with Crippen LogP contribution in [0, 0.1) is 0 Å². The predicted molar refractivity (Wildman–Crippen MR) is 130 cm³/mol. The van der Waals surface area contributed by atoms with Gasteiger partial charge in [0.25, 0.3) is 0 Å². The maximum atomic E-state index is 13.0. The number of phenols is 3. The lowest BCUT2D eigenvalue weighted by atomic mass is 9.86. The van der Waals surface area contributed by atoms with Crippen LogP contribution in [-0.2, 0) is 9.53 Å². The van der Waals surface area contributed by atoms with Gasteiger partial charge in [-0.3, -0.25) is 9.59 Å². The Hall–Kier alpha value is -3.91. The Bertz CT molecular complexity index is 1410. The number of hydrogen-bond donors (Lipinski definition) is 3. The van der Waals surface area contributed by atoms with Crippen molar-refractivity contribution in [2.45, 2.75) is 17.2 Å². The first-order valence-electron chi connectivity index (χ1n) is 10.4. The van der Waals surface area contributed by atoms with Crippen molar-refractivity contribution in [3.05, 3.63) is 82.0 Å². The number of carbonyl (C=O) groups is 1. The van der Waals surface area contributed by atoms with Gasteiger partial charge in [0.1, 0.15) is 16.7 Å². The van der Waals surface area contributed by atoms with Crippen LogP contribution in [0.4, 0.5) is 0 Å². The summed E-state index contributed by atoms with van der Waals surface area (Å²) in [7, 11) is 1.25. The van der Waals surface area contributed by atoms with Gasteiger partial charge >= 0.3 is 5.97 Å². The minimum Gasteiger partial charge on any atom is -0.504 e. The van der Waals surface area contributed by atoms with Crippen LogP contribution in [0.15, 0.2) is 74.8 Å². The molecule has 4 aromatic rings. The van der Waals surface area contributed by atoms with Gasteiger partial charge in [0.2, 0.25) is 5.75 Å². The van der Waals surface area contributed by atoms with Crippen molar-refractivity contribution in [3.63, 3.8) is 0 Å². The molecule has 0 aliphatic carbocycles. The van der Waals surface area contributed by atoms with Crippen LogP contribution in [0.1, 0.15) is 23.5 Å². The smallest absolute Gasteiger partial charge is 0.306 e. The summed E-state index contributed by atoms with van der Waals surface area (Å²) in [6, 6.07) is 17.4. The van der Waals surface area contributed by atoms with E-state index in [1.165, 1.54) is 13.2 Å². The van der Waals surface area contributed by atoms with E-state index in [1.54, 1.807) is 48.2 Å². The van der Waals surface area contributed by atoms with Gasteiger partial charge in [-0.1, -0.05) is 42.5 Å². The molecule has 4 rings (SSSR count). The predicted octanol–water partition coefficient (Wildman–Crippen LogP) is 4.99. The van der Waals surface area contributed by atoms with Gasteiger partial charge < -0.3 is 24.5 Å². The number of thioether (sulfide) groups is 1. The third-order valence-electron chi connectivity index (χ3n) is 5.66. The monoisotopic (exact) mass is 478 g/mol. The van der Waals surface area contributed by atoms with Gasteiger partial charge in [-0.05, 0) is 24.0 Å². The van der Waals surface area contributed by atoms with E-state index in [-0.39, 0.29) is 28.7 Å². The number of rotatable bonds is 6. The first-order valence-corrected chi connectivity index (χ1v) is 11.6. The fourth-order valence-electron chi connectivity index (χ4n) is 3.91. The van der Waals surface area contributed by atoms with Crippen molar-refractivity contribution in [2.75, 3.05) is 13.4 Å². The van der Waals surface area contributed by atoms with E-state index in [1.807, 2.05) is 24.5 Å². The molecule has 0 fully saturated rings. The van der Waals surface area contributed by atoms with Crippen LogP contribution < -0.4 is 5.43 Å². The molecule has 0 saturated heterocycles. The molecule has 1 unspecified atom stereocenters. The van der Waals surface area contributed by atoms with E-state index in [0.717, 1.165) is 4.90 Å². The molecule has 0 aliphatic rings. The lowest BCUT2D eigenvalue weighted by Crippen LogP contribution is -2.12. The number of hydrogen-bond acceptors (Lipinski definition) is 8. The third kappa shape index (κ3) is 4.20. The van der Waals surface area contributed by atoms with Gasteiger partial charge in [0.15, 0.2) is 16.9 Å². The molecule has 8 heteroatoms. The van der Waals surface area contributed by atoms with Gasteiger partial charge in [-0.15, -0.1) is 11.8 Å². The topological polar surface area (TPSA) is 117 Å². The summed E-state index contributed by atoms with van der Waals surface area (Å²) in [5.41, 5.74) is 0.499. The molecule has 1 heterocycles. The summed E-state index contributed by atoms with van der Waals surface area (Å²) < 4.78 is 10.9. The highest BCUT2D eigenvalue weighted by atomic mass is 32.2. The van der Waals surface area contributed by atoms with Crippen molar-refractivity contribution in [2.24, 2.45) is 0 Å². The van der Waals surface area contributed by atoms with Crippen LogP contribution in [0.3, 0.4) is 0 Å². The second kappa shape index (κ2) is 9.52. The summed E-state index contributed by atoms with van der Waals surface area (Å²) in [4.78, 5) is 26.3. The Morgan fingerprint density at radius 2 is 1.68 bits per heavy atom. The highest BCUT2D eigenvalue weighted by molar-refractivity contribution is 7.98. The van der Waals surface area contributed by atoms with E-state index in [9.17, 15) is 24.9 Å². The lowest BCUT2D eigenvalue weighted by molar-refractivity contribution is -0.140. The normalized spacial score (nSPS) is 11.9. The SMILES string of the molecule is COC(=O)CC(c1ccc(SC)cc1)c1c(O)c(O)c(O)c2c(=O)cc(-c3ccccc3)oc12. The van der Waals surface area contributed by atoms with Crippen molar-refractivity contribution < 1.29 is 29.3 Å². The first kappa shape index (κ1) is 23.3. The standard InChI is InChI=1S/C26H22O7S/c1-32-20(28)12-17(14-8-10-16(34-2)11-9-14)21-23(29)25(31)24(30)22-18(27)13-19(33-26(21)22)15-6-4-3-5-7-15/h3-11,13,17,29-31H,12H2,1-2H3. The molecular weight excluding hydrogens is 456 g/mol. The zero-order valence-corrected chi connectivity index (χ0v) is 19.3. The van der Waals surface area contributed by atoms with Crippen LogP contribution in [0.25, 0.3) is 22.3 Å². The van der Waals surface area contributed by atoms with E-state index in [0.29, 0.717) is 11.1 Å². The molecule has 1 atom stereocenters. The molecule has 34 heavy (non-hydrogen) atoms. The molecule has 7 nitrogen and oxygen atoms in total. The van der Waals surface area contributed by atoms with Crippen molar-refractivity contribution >= 4 is 28.7 Å². The van der Waals surface area contributed by atoms with Gasteiger partial charge in [0.05, 0.1) is 13.5 Å². The van der Waals surface area contributed by atoms with Crippen LogP contribution in [0.2, 0.25) is 0 Å². The number of aromatic hydroxyl groups is 3. The summed E-state index contributed by atoms with van der Waals surface area (Å²) in [5.74, 6) is -3.54. The van der Waals surface area contributed by atoms with Crippen molar-refractivity contribution in [1.29, 1.82) is 0 Å². The number of phenolic OH excluding ortho intramolecular Hbond substituents is 3. The molecule has 174 valence electrons. The number of carbonyl (C=O) groups excluding carboxylic acids is 1. The van der Waals surface area contributed by atoms with Gasteiger partial charge in [-0.2, -0.15) is 0 Å². The van der Waals surface area contributed by atoms with E-state index >= 15 is 0 Å². The Morgan fingerprint density at radius 1 is 1.00 bits per heavy atom. The number of methoxy groups -OCH3 is 1. The second-order valence-corrected chi connectivity index (χ2v) is 8.49. The van der Waals surface area contributed by atoms with Crippen LogP contribution >= 0.6 is 11.8 Å². The molecule has 0 saturated carbocycles. The second-order valence-electron chi connectivity index (χ2n) is 7.61. The largest absolute Gasteiger partial charge is 0.504 e. The zero-order valence-electron chi connectivity index (χ0n) is 18.4. The Labute approximate surface area is 199 Å². The number of esters is 1. The van der Waals surface area contributed by atoms with E-state index in [2.05, 4.69) is 0 Å². The molecular formula is C26H22O7S. The molecule has 0 aliphatic heterocycles. The zero-order chi connectivity index (χ0) is 24.4. The number of ether oxygens (including phenoxy) is 1. The summed E-state index contributed by atoms with van der Waals surface area (Å²) in [5, 5.41) is 31.6. The minimum absolute atomic E-state index is 0.00230. The Morgan fingerprint density at radius 3 is 2.29 bits per heavy atom. The van der Waals surface area contributed by atoms with Crippen LogP contribution in [0.5, 0.6) is 17.2 Å². The number of benzene rings is 3. The maximum absolute atomic E-state index is 13.0. The number of fused-ring (bicyclic) bond motifs is 1.